The van der Waals surface area contributed by atoms with Crippen molar-refractivity contribution in [3.05, 3.63) is 0 Å². The fourth-order valence-corrected chi connectivity index (χ4v) is 2.26. The molecule has 0 aromatic carbocycles. The lowest BCUT2D eigenvalue weighted by Crippen LogP contribution is -2.46. The van der Waals surface area contributed by atoms with Gasteiger partial charge in [-0.3, -0.25) is 4.90 Å². The SMILES string of the molecule is CCOCCCN(CC)C1CCCNC1. The Morgan fingerprint density at radius 1 is 1.40 bits per heavy atom. The zero-order chi connectivity index (χ0) is 10.9. The lowest BCUT2D eigenvalue weighted by atomic mass is 10.1. The van der Waals surface area contributed by atoms with E-state index in [4.69, 9.17) is 4.74 Å². The molecule has 0 spiro atoms. The summed E-state index contributed by atoms with van der Waals surface area (Å²) in [4.78, 5) is 2.59. The molecule has 0 aromatic heterocycles. The quantitative estimate of drug-likeness (QED) is 0.650. The molecule has 15 heavy (non-hydrogen) atoms. The summed E-state index contributed by atoms with van der Waals surface area (Å²) in [6.45, 7) is 10.8. The van der Waals surface area contributed by atoms with Crippen LogP contribution in [-0.4, -0.2) is 50.3 Å². The summed E-state index contributed by atoms with van der Waals surface area (Å²) in [5.41, 5.74) is 0. The summed E-state index contributed by atoms with van der Waals surface area (Å²) in [7, 11) is 0. The highest BCUT2D eigenvalue weighted by molar-refractivity contribution is 4.77. The molecule has 1 fully saturated rings. The highest BCUT2D eigenvalue weighted by Gasteiger charge is 2.18. The van der Waals surface area contributed by atoms with E-state index in [0.29, 0.717) is 0 Å². The second-order valence-corrected chi connectivity index (χ2v) is 4.18. The molecule has 1 rings (SSSR count). The molecule has 1 aliphatic heterocycles. The first-order valence-electron chi connectivity index (χ1n) is 6.41. The molecular formula is C12H26N2O. The van der Waals surface area contributed by atoms with Gasteiger partial charge in [0.15, 0.2) is 0 Å². The summed E-state index contributed by atoms with van der Waals surface area (Å²) >= 11 is 0. The predicted molar refractivity (Wildman–Crippen MR) is 64.2 cm³/mol. The zero-order valence-corrected chi connectivity index (χ0v) is 10.3. The first-order chi connectivity index (χ1) is 7.38. The van der Waals surface area contributed by atoms with E-state index >= 15 is 0 Å². The molecule has 1 heterocycles. The first kappa shape index (κ1) is 12.9. The molecule has 1 saturated heterocycles. The van der Waals surface area contributed by atoms with Gasteiger partial charge in [0, 0.05) is 32.3 Å². The van der Waals surface area contributed by atoms with Crippen LogP contribution in [0.15, 0.2) is 0 Å². The molecule has 0 radical (unpaired) electrons. The fourth-order valence-electron chi connectivity index (χ4n) is 2.26. The predicted octanol–water partition coefficient (Wildman–Crippen LogP) is 1.49. The van der Waals surface area contributed by atoms with Crippen molar-refractivity contribution in [3.63, 3.8) is 0 Å². The maximum Gasteiger partial charge on any atom is 0.0478 e. The van der Waals surface area contributed by atoms with Gasteiger partial charge in [-0.15, -0.1) is 0 Å². The molecule has 3 nitrogen and oxygen atoms in total. The highest BCUT2D eigenvalue weighted by atomic mass is 16.5. The third-order valence-electron chi connectivity index (χ3n) is 3.13. The van der Waals surface area contributed by atoms with Crippen molar-refractivity contribution in [3.8, 4) is 0 Å². The van der Waals surface area contributed by atoms with Gasteiger partial charge in [-0.05, 0) is 39.3 Å². The summed E-state index contributed by atoms with van der Waals surface area (Å²) in [6.07, 6.45) is 3.85. The lowest BCUT2D eigenvalue weighted by molar-refractivity contribution is 0.116. The molecule has 1 N–H and O–H groups in total. The molecule has 90 valence electrons. The molecule has 3 heteroatoms. The van der Waals surface area contributed by atoms with Crippen molar-refractivity contribution >= 4 is 0 Å². The molecule has 1 atom stereocenters. The van der Waals surface area contributed by atoms with E-state index in [0.717, 1.165) is 25.7 Å². The fraction of sp³-hybridized carbons (Fsp3) is 1.00. The molecule has 0 amide bonds. The Morgan fingerprint density at radius 2 is 2.27 bits per heavy atom. The van der Waals surface area contributed by atoms with Crippen LogP contribution in [0.4, 0.5) is 0 Å². The molecule has 0 aliphatic carbocycles. The third kappa shape index (κ3) is 4.96. The number of likely N-dealkylation sites (N-methyl/N-ethyl adjacent to an activating group) is 1. The van der Waals surface area contributed by atoms with Gasteiger partial charge in [0.05, 0.1) is 0 Å². The van der Waals surface area contributed by atoms with Crippen LogP contribution in [0.5, 0.6) is 0 Å². The summed E-state index contributed by atoms with van der Waals surface area (Å²) < 4.78 is 5.37. The number of hydrogen-bond acceptors (Lipinski definition) is 3. The topological polar surface area (TPSA) is 24.5 Å². The van der Waals surface area contributed by atoms with Crippen molar-refractivity contribution < 1.29 is 4.74 Å². The first-order valence-corrected chi connectivity index (χ1v) is 6.41. The van der Waals surface area contributed by atoms with E-state index in [-0.39, 0.29) is 0 Å². The second kappa shape index (κ2) is 8.08. The van der Waals surface area contributed by atoms with Crippen LogP contribution in [0.3, 0.4) is 0 Å². The van der Waals surface area contributed by atoms with Crippen molar-refractivity contribution in [2.75, 3.05) is 39.4 Å². The summed E-state index contributed by atoms with van der Waals surface area (Å²) in [6, 6.07) is 0.755. The maximum absolute atomic E-state index is 5.37. The molecule has 0 aromatic rings. The van der Waals surface area contributed by atoms with Gasteiger partial charge >= 0.3 is 0 Å². The standard InChI is InChI=1S/C12H26N2O/c1-3-14(9-6-10-15-4-2)12-7-5-8-13-11-12/h12-13H,3-11H2,1-2H3. The van der Waals surface area contributed by atoms with Crippen LogP contribution in [0, 0.1) is 0 Å². The van der Waals surface area contributed by atoms with E-state index in [2.05, 4.69) is 24.1 Å². The Labute approximate surface area is 94.2 Å². The monoisotopic (exact) mass is 214 g/mol. The number of nitrogens with one attached hydrogen (secondary N) is 1. The van der Waals surface area contributed by atoms with Gasteiger partial charge < -0.3 is 10.1 Å². The molecule has 1 aliphatic rings. The normalized spacial score (nSPS) is 22.2. The van der Waals surface area contributed by atoms with Gasteiger partial charge in [0.2, 0.25) is 0 Å². The number of nitrogens with zero attached hydrogens (tertiary/aromatic N) is 1. The summed E-state index contributed by atoms with van der Waals surface area (Å²) in [5.74, 6) is 0. The Balaban J connectivity index is 2.15. The van der Waals surface area contributed by atoms with Crippen molar-refractivity contribution in [2.45, 2.75) is 39.2 Å². The van der Waals surface area contributed by atoms with Crippen LogP contribution in [0.25, 0.3) is 0 Å². The minimum Gasteiger partial charge on any atom is -0.382 e. The second-order valence-electron chi connectivity index (χ2n) is 4.18. The average molecular weight is 214 g/mol. The number of piperidine rings is 1. The number of hydrogen-bond donors (Lipinski definition) is 1. The van der Waals surface area contributed by atoms with E-state index in [9.17, 15) is 0 Å². The Morgan fingerprint density at radius 3 is 2.87 bits per heavy atom. The Bertz CT molecular complexity index is 147. The van der Waals surface area contributed by atoms with Gasteiger partial charge in [0.25, 0.3) is 0 Å². The molecule has 1 unspecified atom stereocenters. The van der Waals surface area contributed by atoms with Gasteiger partial charge in [-0.1, -0.05) is 6.92 Å². The van der Waals surface area contributed by atoms with Crippen molar-refractivity contribution in [1.29, 1.82) is 0 Å². The zero-order valence-electron chi connectivity index (χ0n) is 10.3. The van der Waals surface area contributed by atoms with E-state index in [1.165, 1.54) is 39.0 Å². The lowest BCUT2D eigenvalue weighted by Gasteiger charge is -2.33. The van der Waals surface area contributed by atoms with Crippen LogP contribution >= 0.6 is 0 Å². The van der Waals surface area contributed by atoms with E-state index in [1.807, 2.05) is 0 Å². The van der Waals surface area contributed by atoms with Gasteiger partial charge in [-0.2, -0.15) is 0 Å². The molecule has 0 bridgehead atoms. The third-order valence-corrected chi connectivity index (χ3v) is 3.13. The Kier molecular flexibility index (Phi) is 6.98. The molecular weight excluding hydrogens is 188 g/mol. The highest BCUT2D eigenvalue weighted by Crippen LogP contribution is 2.10. The maximum atomic E-state index is 5.37. The van der Waals surface area contributed by atoms with Crippen molar-refractivity contribution in [2.24, 2.45) is 0 Å². The van der Waals surface area contributed by atoms with Gasteiger partial charge in [0.1, 0.15) is 0 Å². The van der Waals surface area contributed by atoms with Crippen LogP contribution in [0.2, 0.25) is 0 Å². The minimum atomic E-state index is 0.755. The Hall–Kier alpha value is -0.120. The average Bonchev–Trinajstić information content (AvgIpc) is 2.30. The number of ether oxygens (including phenoxy) is 1. The minimum absolute atomic E-state index is 0.755. The van der Waals surface area contributed by atoms with Crippen LogP contribution in [0.1, 0.15) is 33.1 Å². The largest absolute Gasteiger partial charge is 0.382 e. The van der Waals surface area contributed by atoms with Gasteiger partial charge in [-0.25, -0.2) is 0 Å². The summed E-state index contributed by atoms with van der Waals surface area (Å²) in [5, 5.41) is 3.48. The van der Waals surface area contributed by atoms with E-state index < -0.39 is 0 Å². The van der Waals surface area contributed by atoms with E-state index in [1.54, 1.807) is 0 Å². The smallest absolute Gasteiger partial charge is 0.0478 e. The van der Waals surface area contributed by atoms with Crippen molar-refractivity contribution in [1.82, 2.24) is 10.2 Å². The van der Waals surface area contributed by atoms with Crippen LogP contribution in [-0.2, 0) is 4.74 Å². The molecule has 0 saturated carbocycles. The van der Waals surface area contributed by atoms with Crippen LogP contribution < -0.4 is 5.32 Å². The number of rotatable bonds is 7.